The highest BCUT2D eigenvalue weighted by molar-refractivity contribution is 5.82. The predicted molar refractivity (Wildman–Crippen MR) is 100 cm³/mol. The molecule has 2 heterocycles. The van der Waals surface area contributed by atoms with Crippen molar-refractivity contribution in [1.29, 1.82) is 0 Å². The first-order chi connectivity index (χ1) is 12.6. The smallest absolute Gasteiger partial charge is 0.148 e. The van der Waals surface area contributed by atoms with Gasteiger partial charge in [-0.15, -0.1) is 0 Å². The van der Waals surface area contributed by atoms with E-state index in [0.717, 1.165) is 33.5 Å². The third-order valence-electron chi connectivity index (χ3n) is 4.63. The van der Waals surface area contributed by atoms with E-state index >= 15 is 0 Å². The number of anilines is 1. The number of fused-ring (bicyclic) bond motifs is 1. The van der Waals surface area contributed by atoms with Gasteiger partial charge in [-0.25, -0.2) is 9.37 Å². The highest BCUT2D eigenvalue weighted by atomic mass is 19.1. The van der Waals surface area contributed by atoms with E-state index in [1.165, 1.54) is 6.07 Å². The fourth-order valence-electron chi connectivity index (χ4n) is 2.95. The minimum absolute atomic E-state index is 0.0253. The van der Waals surface area contributed by atoms with Crippen LogP contribution in [0.5, 0.6) is 0 Å². The van der Waals surface area contributed by atoms with Gasteiger partial charge in [0.25, 0.3) is 0 Å². The Kier molecular flexibility index (Phi) is 4.08. The Morgan fingerprint density at radius 3 is 2.69 bits per heavy atom. The lowest BCUT2D eigenvalue weighted by Crippen LogP contribution is -2.22. The van der Waals surface area contributed by atoms with E-state index in [2.05, 4.69) is 15.2 Å². The summed E-state index contributed by atoms with van der Waals surface area (Å²) in [6.45, 7) is 2.02. The molecular weight excluding hydrogens is 329 g/mol. The molecule has 0 saturated carbocycles. The Hall–Kier alpha value is -3.28. The SMILES string of the molecule is CC(c1cccc(F)c1)N(C)c1cnc2cc(-c3cn[nH]c3)ccc2n1. The van der Waals surface area contributed by atoms with Crippen molar-refractivity contribution in [2.45, 2.75) is 13.0 Å². The number of benzene rings is 2. The second-order valence-electron chi connectivity index (χ2n) is 6.26. The van der Waals surface area contributed by atoms with Crippen molar-refractivity contribution in [1.82, 2.24) is 20.2 Å². The largest absolute Gasteiger partial charge is 0.352 e. The summed E-state index contributed by atoms with van der Waals surface area (Å²) < 4.78 is 13.5. The number of H-pyrrole nitrogens is 1. The summed E-state index contributed by atoms with van der Waals surface area (Å²) in [5, 5.41) is 6.79. The molecule has 0 amide bonds. The summed E-state index contributed by atoms with van der Waals surface area (Å²) >= 11 is 0. The second-order valence-corrected chi connectivity index (χ2v) is 6.26. The molecule has 1 N–H and O–H groups in total. The molecule has 4 rings (SSSR count). The number of hydrogen-bond donors (Lipinski definition) is 1. The Bertz CT molecular complexity index is 1050. The molecule has 0 bridgehead atoms. The molecule has 4 aromatic rings. The number of aromatic nitrogens is 4. The summed E-state index contributed by atoms with van der Waals surface area (Å²) in [7, 11) is 1.94. The number of hydrogen-bond acceptors (Lipinski definition) is 4. The molecule has 0 aliphatic heterocycles. The molecule has 0 spiro atoms. The first-order valence-electron chi connectivity index (χ1n) is 8.36. The first kappa shape index (κ1) is 16.2. The number of aromatic amines is 1. The maximum Gasteiger partial charge on any atom is 0.148 e. The Labute approximate surface area is 150 Å². The Morgan fingerprint density at radius 2 is 1.92 bits per heavy atom. The minimum Gasteiger partial charge on any atom is -0.352 e. The summed E-state index contributed by atoms with van der Waals surface area (Å²) in [6.07, 6.45) is 5.37. The van der Waals surface area contributed by atoms with Gasteiger partial charge in [-0.05, 0) is 42.3 Å². The van der Waals surface area contributed by atoms with Crippen LogP contribution in [0.1, 0.15) is 18.5 Å². The van der Waals surface area contributed by atoms with Gasteiger partial charge in [0.1, 0.15) is 11.6 Å². The van der Waals surface area contributed by atoms with E-state index < -0.39 is 0 Å². The standard InChI is InChI=1S/C20H18FN5/c1-13(14-4-3-5-17(21)8-14)26(2)20-12-22-19-9-15(6-7-18(19)25-20)16-10-23-24-11-16/h3-13H,1-2H3,(H,23,24). The highest BCUT2D eigenvalue weighted by Crippen LogP contribution is 2.27. The Morgan fingerprint density at radius 1 is 1.04 bits per heavy atom. The van der Waals surface area contributed by atoms with Crippen molar-refractivity contribution in [2.75, 3.05) is 11.9 Å². The lowest BCUT2D eigenvalue weighted by atomic mass is 10.1. The van der Waals surface area contributed by atoms with Gasteiger partial charge < -0.3 is 4.90 Å². The third kappa shape index (κ3) is 3.01. The van der Waals surface area contributed by atoms with Crippen LogP contribution in [-0.2, 0) is 0 Å². The van der Waals surface area contributed by atoms with Crippen LogP contribution in [0.15, 0.2) is 61.1 Å². The lowest BCUT2D eigenvalue weighted by molar-refractivity contribution is 0.620. The van der Waals surface area contributed by atoms with Gasteiger partial charge in [-0.2, -0.15) is 5.10 Å². The molecule has 0 aliphatic carbocycles. The van der Waals surface area contributed by atoms with Crippen LogP contribution in [0.3, 0.4) is 0 Å². The second kappa shape index (κ2) is 6.55. The molecule has 1 atom stereocenters. The van der Waals surface area contributed by atoms with Gasteiger partial charge in [0, 0.05) is 18.8 Å². The van der Waals surface area contributed by atoms with Crippen LogP contribution in [0.25, 0.3) is 22.2 Å². The van der Waals surface area contributed by atoms with E-state index in [1.54, 1.807) is 24.5 Å². The average Bonchev–Trinajstić information content (AvgIpc) is 3.21. The van der Waals surface area contributed by atoms with Gasteiger partial charge in [0.15, 0.2) is 0 Å². The maximum atomic E-state index is 13.5. The van der Waals surface area contributed by atoms with Gasteiger partial charge in [-0.1, -0.05) is 18.2 Å². The summed E-state index contributed by atoms with van der Waals surface area (Å²) in [5.41, 5.74) is 4.57. The fourth-order valence-corrected chi connectivity index (χ4v) is 2.95. The summed E-state index contributed by atoms with van der Waals surface area (Å²) in [5.74, 6) is 0.504. The zero-order chi connectivity index (χ0) is 18.1. The summed E-state index contributed by atoms with van der Waals surface area (Å²) in [4.78, 5) is 11.3. The molecule has 0 radical (unpaired) electrons. The van der Waals surface area contributed by atoms with Crippen molar-refractivity contribution in [3.8, 4) is 11.1 Å². The molecule has 6 heteroatoms. The van der Waals surface area contributed by atoms with E-state index in [0.29, 0.717) is 0 Å². The van der Waals surface area contributed by atoms with Gasteiger partial charge in [0.05, 0.1) is 29.5 Å². The fraction of sp³-hybridized carbons (Fsp3) is 0.150. The van der Waals surface area contributed by atoms with Crippen molar-refractivity contribution in [3.63, 3.8) is 0 Å². The summed E-state index contributed by atoms with van der Waals surface area (Å²) in [6, 6.07) is 12.6. The molecule has 2 aromatic heterocycles. The minimum atomic E-state index is -0.237. The van der Waals surface area contributed by atoms with Crippen LogP contribution < -0.4 is 4.90 Å². The zero-order valence-electron chi connectivity index (χ0n) is 14.5. The van der Waals surface area contributed by atoms with Crippen molar-refractivity contribution in [3.05, 3.63) is 72.4 Å². The van der Waals surface area contributed by atoms with E-state index in [-0.39, 0.29) is 11.9 Å². The van der Waals surface area contributed by atoms with Crippen LogP contribution in [-0.4, -0.2) is 27.2 Å². The molecule has 2 aromatic carbocycles. The zero-order valence-corrected chi connectivity index (χ0v) is 14.5. The van der Waals surface area contributed by atoms with Crippen LogP contribution >= 0.6 is 0 Å². The van der Waals surface area contributed by atoms with Crippen LogP contribution in [0.2, 0.25) is 0 Å². The van der Waals surface area contributed by atoms with E-state index in [4.69, 9.17) is 4.98 Å². The number of rotatable bonds is 4. The normalized spacial score (nSPS) is 12.3. The molecule has 130 valence electrons. The van der Waals surface area contributed by atoms with E-state index in [1.807, 2.05) is 49.3 Å². The van der Waals surface area contributed by atoms with Crippen LogP contribution in [0.4, 0.5) is 10.2 Å². The average molecular weight is 347 g/mol. The van der Waals surface area contributed by atoms with Gasteiger partial charge in [-0.3, -0.25) is 10.1 Å². The van der Waals surface area contributed by atoms with Crippen LogP contribution in [0, 0.1) is 5.82 Å². The van der Waals surface area contributed by atoms with Crippen molar-refractivity contribution in [2.24, 2.45) is 0 Å². The predicted octanol–water partition coefficient (Wildman–Crippen LogP) is 4.36. The van der Waals surface area contributed by atoms with E-state index in [9.17, 15) is 4.39 Å². The number of nitrogens with one attached hydrogen (secondary N) is 1. The topological polar surface area (TPSA) is 57.7 Å². The quantitative estimate of drug-likeness (QED) is 0.596. The molecule has 0 fully saturated rings. The number of halogens is 1. The monoisotopic (exact) mass is 347 g/mol. The molecular formula is C20H18FN5. The molecule has 0 saturated heterocycles. The third-order valence-corrected chi connectivity index (χ3v) is 4.63. The maximum absolute atomic E-state index is 13.5. The number of nitrogens with zero attached hydrogens (tertiary/aromatic N) is 4. The first-order valence-corrected chi connectivity index (χ1v) is 8.36. The molecule has 26 heavy (non-hydrogen) atoms. The van der Waals surface area contributed by atoms with Gasteiger partial charge >= 0.3 is 0 Å². The molecule has 1 unspecified atom stereocenters. The van der Waals surface area contributed by atoms with Crippen molar-refractivity contribution < 1.29 is 4.39 Å². The van der Waals surface area contributed by atoms with Gasteiger partial charge in [0.2, 0.25) is 0 Å². The Balaban J connectivity index is 1.65. The molecule has 0 aliphatic rings. The highest BCUT2D eigenvalue weighted by Gasteiger charge is 2.15. The lowest BCUT2D eigenvalue weighted by Gasteiger charge is -2.26. The molecule has 5 nitrogen and oxygen atoms in total. The van der Waals surface area contributed by atoms with Crippen molar-refractivity contribution >= 4 is 16.9 Å².